The highest BCUT2D eigenvalue weighted by atomic mass is 19.1. The molecule has 224 valence electrons. The number of carbonyl (C=O) groups excluding carboxylic acids is 2. The van der Waals surface area contributed by atoms with Crippen LogP contribution in [0.1, 0.15) is 87.1 Å². The third kappa shape index (κ3) is 9.98. The molecule has 0 unspecified atom stereocenters. The van der Waals surface area contributed by atoms with E-state index in [1.54, 1.807) is 63.2 Å². The van der Waals surface area contributed by atoms with Crippen LogP contribution < -0.4 is 0 Å². The fourth-order valence-electron chi connectivity index (χ4n) is 4.35. The van der Waals surface area contributed by atoms with Crippen LogP contribution in [0, 0.1) is 38.2 Å². The first kappa shape index (κ1) is 33.9. The molecule has 0 heterocycles. The molecule has 0 amide bonds. The Bertz CT molecular complexity index is 1450. The molecule has 1 aliphatic carbocycles. The van der Waals surface area contributed by atoms with Gasteiger partial charge in [0.1, 0.15) is 17.5 Å². The van der Waals surface area contributed by atoms with Crippen molar-refractivity contribution in [3.63, 3.8) is 0 Å². The molecule has 42 heavy (non-hydrogen) atoms. The summed E-state index contributed by atoms with van der Waals surface area (Å²) in [6.07, 6.45) is 2.67. The van der Waals surface area contributed by atoms with Gasteiger partial charge in [0, 0.05) is 24.8 Å². The summed E-state index contributed by atoms with van der Waals surface area (Å²) in [6.45, 7) is 4.99. The zero-order valence-electron chi connectivity index (χ0n) is 23.9. The van der Waals surface area contributed by atoms with Gasteiger partial charge in [0.2, 0.25) is 0 Å². The van der Waals surface area contributed by atoms with Crippen LogP contribution in [0.25, 0.3) is 0 Å². The second kappa shape index (κ2) is 16.2. The van der Waals surface area contributed by atoms with E-state index in [1.807, 2.05) is 0 Å². The standard InChI is InChI=1S/C11H11FO3.C11H13FO2.C11H11FO/c1-7-3-2-4-8(11(7)12)9(13)5-6-10(14)15;1-8-4-2-5-9(11(8)12)6-3-7-10(13)14;1-7-5-6-8-9(11(7)12)3-2-4-10(8)13/h2-4H,5-6H2,1H3,(H,14,15);2,4-5H,3,6-7H2,1H3,(H,13,14);5-6H,2-4H2,1H3. The van der Waals surface area contributed by atoms with Crippen molar-refractivity contribution < 1.29 is 42.6 Å². The number of benzene rings is 3. The van der Waals surface area contributed by atoms with Crippen LogP contribution in [0.3, 0.4) is 0 Å². The molecule has 0 saturated carbocycles. The first-order chi connectivity index (χ1) is 19.8. The van der Waals surface area contributed by atoms with E-state index in [-0.39, 0.29) is 42.2 Å². The summed E-state index contributed by atoms with van der Waals surface area (Å²) in [7, 11) is 0. The van der Waals surface area contributed by atoms with Crippen LogP contribution in [0.4, 0.5) is 13.2 Å². The number of fused-ring (bicyclic) bond motifs is 1. The summed E-state index contributed by atoms with van der Waals surface area (Å²) in [5.74, 6) is -3.25. The monoisotopic (exact) mass is 584 g/mol. The number of hydrogen-bond donors (Lipinski definition) is 2. The molecule has 4 rings (SSSR count). The lowest BCUT2D eigenvalue weighted by Gasteiger charge is -2.15. The number of rotatable bonds is 8. The molecule has 0 atom stereocenters. The molecular weight excluding hydrogens is 549 g/mol. The Morgan fingerprint density at radius 1 is 0.714 bits per heavy atom. The third-order valence-corrected chi connectivity index (χ3v) is 6.73. The number of Topliss-reactive ketones (excluding diaryl/α,β-unsaturated/α-hetero) is 2. The molecular formula is C33H35F3O6. The first-order valence-electron chi connectivity index (χ1n) is 13.6. The van der Waals surface area contributed by atoms with Crippen molar-refractivity contribution in [2.45, 2.75) is 72.1 Å². The van der Waals surface area contributed by atoms with Gasteiger partial charge in [-0.1, -0.05) is 42.5 Å². The van der Waals surface area contributed by atoms with Crippen LogP contribution in [-0.4, -0.2) is 33.7 Å². The van der Waals surface area contributed by atoms with Gasteiger partial charge < -0.3 is 10.2 Å². The molecule has 9 heteroatoms. The molecule has 6 nitrogen and oxygen atoms in total. The number of carboxylic acid groups (broad SMARTS) is 2. The molecule has 0 aliphatic heterocycles. The van der Waals surface area contributed by atoms with Gasteiger partial charge in [-0.3, -0.25) is 19.2 Å². The molecule has 3 aromatic carbocycles. The SMILES string of the molecule is Cc1ccc2c(c1F)CCCC2=O.Cc1cccc(C(=O)CCC(=O)O)c1F.Cc1cccc(CCCC(=O)O)c1F. The van der Waals surface area contributed by atoms with Gasteiger partial charge in [0.25, 0.3) is 0 Å². The van der Waals surface area contributed by atoms with E-state index in [0.29, 0.717) is 59.1 Å². The Hall–Kier alpha value is -4.27. The summed E-state index contributed by atoms with van der Waals surface area (Å²) in [6, 6.07) is 13.1. The van der Waals surface area contributed by atoms with Gasteiger partial charge in [-0.25, -0.2) is 13.2 Å². The minimum absolute atomic E-state index is 0.0312. The van der Waals surface area contributed by atoms with E-state index in [1.165, 1.54) is 6.07 Å². The Labute approximate surface area is 243 Å². The fourth-order valence-corrected chi connectivity index (χ4v) is 4.35. The first-order valence-corrected chi connectivity index (χ1v) is 13.6. The topological polar surface area (TPSA) is 109 Å². The van der Waals surface area contributed by atoms with Crippen LogP contribution in [0.15, 0.2) is 48.5 Å². The summed E-state index contributed by atoms with van der Waals surface area (Å²) < 4.78 is 40.3. The fraction of sp³-hybridized carbons (Fsp3) is 0.333. The lowest BCUT2D eigenvalue weighted by atomic mass is 9.89. The molecule has 0 spiro atoms. The Morgan fingerprint density at radius 3 is 1.95 bits per heavy atom. The second-order valence-corrected chi connectivity index (χ2v) is 10.0. The smallest absolute Gasteiger partial charge is 0.303 e. The van der Waals surface area contributed by atoms with Gasteiger partial charge in [-0.2, -0.15) is 0 Å². The molecule has 0 saturated heterocycles. The normalized spacial score (nSPS) is 11.8. The van der Waals surface area contributed by atoms with Crippen molar-refractivity contribution in [2.24, 2.45) is 0 Å². The zero-order chi connectivity index (χ0) is 31.4. The van der Waals surface area contributed by atoms with Crippen LogP contribution in [0.5, 0.6) is 0 Å². The molecule has 0 radical (unpaired) electrons. The largest absolute Gasteiger partial charge is 0.481 e. The number of carboxylic acids is 2. The molecule has 1 aliphatic rings. The Morgan fingerprint density at radius 2 is 1.31 bits per heavy atom. The van der Waals surface area contributed by atoms with Crippen LogP contribution >= 0.6 is 0 Å². The maximum atomic E-state index is 13.5. The van der Waals surface area contributed by atoms with Crippen molar-refractivity contribution in [3.8, 4) is 0 Å². The number of aryl methyl sites for hydroxylation is 4. The number of aliphatic carboxylic acids is 2. The highest BCUT2D eigenvalue weighted by Gasteiger charge is 2.20. The highest BCUT2D eigenvalue weighted by molar-refractivity contribution is 5.98. The summed E-state index contributed by atoms with van der Waals surface area (Å²) in [5, 5.41) is 16.8. The quantitative estimate of drug-likeness (QED) is 0.268. The number of hydrogen-bond acceptors (Lipinski definition) is 4. The number of carbonyl (C=O) groups is 4. The zero-order valence-corrected chi connectivity index (χ0v) is 23.9. The van der Waals surface area contributed by atoms with Crippen LogP contribution in [0.2, 0.25) is 0 Å². The van der Waals surface area contributed by atoms with E-state index in [9.17, 15) is 32.3 Å². The van der Waals surface area contributed by atoms with Crippen molar-refractivity contribution in [1.82, 2.24) is 0 Å². The average molecular weight is 585 g/mol. The molecule has 0 aromatic heterocycles. The summed E-state index contributed by atoms with van der Waals surface area (Å²) >= 11 is 0. The molecule has 3 aromatic rings. The lowest BCUT2D eigenvalue weighted by Crippen LogP contribution is -2.13. The van der Waals surface area contributed by atoms with Crippen molar-refractivity contribution >= 4 is 23.5 Å². The van der Waals surface area contributed by atoms with Crippen molar-refractivity contribution in [1.29, 1.82) is 0 Å². The summed E-state index contributed by atoms with van der Waals surface area (Å²) in [5.41, 5.74) is 3.41. The van der Waals surface area contributed by atoms with E-state index in [4.69, 9.17) is 10.2 Å². The van der Waals surface area contributed by atoms with Gasteiger partial charge in [-0.05, 0) is 80.3 Å². The van der Waals surface area contributed by atoms with E-state index < -0.39 is 23.5 Å². The van der Waals surface area contributed by atoms with E-state index >= 15 is 0 Å². The average Bonchev–Trinajstić information content (AvgIpc) is 2.94. The predicted molar refractivity (Wildman–Crippen MR) is 152 cm³/mol. The maximum Gasteiger partial charge on any atom is 0.303 e. The Kier molecular flexibility index (Phi) is 13.1. The minimum Gasteiger partial charge on any atom is -0.481 e. The lowest BCUT2D eigenvalue weighted by molar-refractivity contribution is -0.138. The predicted octanol–water partition coefficient (Wildman–Crippen LogP) is 7.38. The van der Waals surface area contributed by atoms with E-state index in [2.05, 4.69) is 0 Å². The van der Waals surface area contributed by atoms with Gasteiger partial charge >= 0.3 is 11.9 Å². The van der Waals surface area contributed by atoms with Crippen LogP contribution in [-0.2, 0) is 22.4 Å². The highest BCUT2D eigenvalue weighted by Crippen LogP contribution is 2.25. The van der Waals surface area contributed by atoms with Crippen molar-refractivity contribution in [3.05, 3.63) is 105 Å². The molecule has 2 N–H and O–H groups in total. The molecule has 0 fully saturated rings. The van der Waals surface area contributed by atoms with Gasteiger partial charge in [0.15, 0.2) is 11.6 Å². The second-order valence-electron chi connectivity index (χ2n) is 10.0. The third-order valence-electron chi connectivity index (χ3n) is 6.73. The maximum absolute atomic E-state index is 13.5. The van der Waals surface area contributed by atoms with Gasteiger partial charge in [0.05, 0.1) is 12.0 Å². The molecule has 0 bridgehead atoms. The summed E-state index contributed by atoms with van der Waals surface area (Å²) in [4.78, 5) is 43.3. The number of halogens is 3. The Balaban J connectivity index is 0.000000220. The number of ketones is 2. The van der Waals surface area contributed by atoms with Gasteiger partial charge in [-0.15, -0.1) is 0 Å². The van der Waals surface area contributed by atoms with Crippen molar-refractivity contribution in [2.75, 3.05) is 0 Å². The minimum atomic E-state index is -1.06. The van der Waals surface area contributed by atoms with E-state index in [0.717, 1.165) is 6.42 Å².